The third kappa shape index (κ3) is 3.26. The number of anilines is 1. The van der Waals surface area contributed by atoms with Crippen molar-refractivity contribution in [1.29, 1.82) is 0 Å². The molecule has 1 N–H and O–H groups in total. The highest BCUT2D eigenvalue weighted by molar-refractivity contribution is 7.92. The van der Waals surface area contributed by atoms with Gasteiger partial charge >= 0.3 is 0 Å². The van der Waals surface area contributed by atoms with Crippen LogP contribution in [0.5, 0.6) is 0 Å². The molecular weight excluding hydrogens is 424 g/mol. The van der Waals surface area contributed by atoms with Gasteiger partial charge in [-0.1, -0.05) is 34.8 Å². The highest BCUT2D eigenvalue weighted by Crippen LogP contribution is 2.34. The monoisotopic (exact) mass is 425 g/mol. The van der Waals surface area contributed by atoms with Crippen molar-refractivity contribution in [1.82, 2.24) is 0 Å². The Bertz CT molecular complexity index is 923. The van der Waals surface area contributed by atoms with Crippen LogP contribution in [0.2, 0.25) is 15.1 Å². The molecule has 0 aliphatic rings. The smallest absolute Gasteiger partial charge is 0.263 e. The van der Waals surface area contributed by atoms with Crippen LogP contribution in [0.4, 0.5) is 27.6 Å². The van der Waals surface area contributed by atoms with Gasteiger partial charge in [-0.05, 0) is 12.1 Å². The zero-order valence-corrected chi connectivity index (χ0v) is 14.0. The van der Waals surface area contributed by atoms with Gasteiger partial charge in [-0.25, -0.2) is 30.4 Å². The highest BCUT2D eigenvalue weighted by atomic mass is 35.5. The van der Waals surface area contributed by atoms with Crippen molar-refractivity contribution in [3.05, 3.63) is 56.3 Å². The molecule has 3 nitrogen and oxygen atoms in total. The summed E-state index contributed by atoms with van der Waals surface area (Å²) in [7, 11) is -4.84. The van der Waals surface area contributed by atoms with E-state index in [1.807, 2.05) is 0 Å². The van der Waals surface area contributed by atoms with Gasteiger partial charge in [0.25, 0.3) is 10.0 Å². The molecular formula is C12H3Cl3F5NO2S. The summed E-state index contributed by atoms with van der Waals surface area (Å²) in [6.07, 6.45) is 0. The van der Waals surface area contributed by atoms with Gasteiger partial charge in [0.15, 0.2) is 23.3 Å². The summed E-state index contributed by atoms with van der Waals surface area (Å²) in [6.45, 7) is 0. The maximum atomic E-state index is 13.6. The molecule has 0 aliphatic heterocycles. The predicted molar refractivity (Wildman–Crippen MR) is 78.5 cm³/mol. The molecule has 0 fully saturated rings. The van der Waals surface area contributed by atoms with E-state index >= 15 is 0 Å². The fourth-order valence-electron chi connectivity index (χ4n) is 1.59. The summed E-state index contributed by atoms with van der Waals surface area (Å²) in [6, 6.07) is 1.68. The van der Waals surface area contributed by atoms with Gasteiger partial charge in [0.1, 0.15) is 10.6 Å². The Labute approximate surface area is 147 Å². The van der Waals surface area contributed by atoms with Crippen LogP contribution < -0.4 is 4.72 Å². The van der Waals surface area contributed by atoms with Crippen LogP contribution in [-0.4, -0.2) is 8.42 Å². The molecule has 2 aromatic carbocycles. The molecule has 0 radical (unpaired) electrons. The maximum absolute atomic E-state index is 13.6. The van der Waals surface area contributed by atoms with E-state index < -0.39 is 54.7 Å². The van der Waals surface area contributed by atoms with Gasteiger partial charge in [0.05, 0.1) is 15.1 Å². The van der Waals surface area contributed by atoms with Gasteiger partial charge in [-0.2, -0.15) is 0 Å². The van der Waals surface area contributed by atoms with Crippen LogP contribution >= 0.6 is 34.8 Å². The Morgan fingerprint density at radius 3 is 1.62 bits per heavy atom. The lowest BCUT2D eigenvalue weighted by molar-refractivity contribution is 0.382. The minimum absolute atomic E-state index is 0.114. The lowest BCUT2D eigenvalue weighted by Crippen LogP contribution is -2.18. The molecule has 0 heterocycles. The Hall–Kier alpha value is -1.29. The van der Waals surface area contributed by atoms with Gasteiger partial charge in [-0.15, -0.1) is 0 Å². The van der Waals surface area contributed by atoms with Gasteiger partial charge in [0, 0.05) is 0 Å². The number of halogens is 8. The summed E-state index contributed by atoms with van der Waals surface area (Å²) >= 11 is 16.9. The highest BCUT2D eigenvalue weighted by Gasteiger charge is 2.30. The second kappa shape index (κ2) is 6.55. The zero-order chi connectivity index (χ0) is 18.4. The summed E-state index contributed by atoms with van der Waals surface area (Å²) in [4.78, 5) is -0.775. The van der Waals surface area contributed by atoms with Gasteiger partial charge in [0.2, 0.25) is 5.82 Å². The number of hydrogen-bond donors (Lipinski definition) is 1. The average Bonchev–Trinajstić information content (AvgIpc) is 2.51. The van der Waals surface area contributed by atoms with E-state index in [9.17, 15) is 30.4 Å². The first-order valence-electron chi connectivity index (χ1n) is 5.66. The van der Waals surface area contributed by atoms with E-state index in [0.717, 1.165) is 12.1 Å². The van der Waals surface area contributed by atoms with Crippen molar-refractivity contribution in [2.45, 2.75) is 4.90 Å². The normalized spacial score (nSPS) is 11.7. The Morgan fingerprint density at radius 1 is 0.708 bits per heavy atom. The first-order valence-corrected chi connectivity index (χ1v) is 8.28. The summed E-state index contributed by atoms with van der Waals surface area (Å²) < 4.78 is 91.8. The van der Waals surface area contributed by atoms with Gasteiger partial charge in [-0.3, -0.25) is 4.72 Å². The van der Waals surface area contributed by atoms with Crippen molar-refractivity contribution in [3.63, 3.8) is 0 Å². The Morgan fingerprint density at radius 2 is 1.12 bits per heavy atom. The molecule has 12 heteroatoms. The molecule has 0 aromatic heterocycles. The van der Waals surface area contributed by atoms with Crippen LogP contribution in [0.1, 0.15) is 0 Å². The van der Waals surface area contributed by atoms with Crippen molar-refractivity contribution in [3.8, 4) is 0 Å². The number of rotatable bonds is 3. The lowest BCUT2D eigenvalue weighted by Gasteiger charge is -2.13. The van der Waals surface area contributed by atoms with Crippen molar-refractivity contribution >= 4 is 50.5 Å². The van der Waals surface area contributed by atoms with Crippen LogP contribution in [0.15, 0.2) is 17.0 Å². The molecule has 0 aliphatic carbocycles. The quantitative estimate of drug-likeness (QED) is 0.419. The predicted octanol–water partition coefficient (Wildman–Crippen LogP) is 5.14. The lowest BCUT2D eigenvalue weighted by atomic mass is 10.2. The molecule has 130 valence electrons. The van der Waals surface area contributed by atoms with Crippen molar-refractivity contribution < 1.29 is 30.4 Å². The number of benzene rings is 2. The molecule has 0 saturated heterocycles. The minimum atomic E-state index is -4.84. The fraction of sp³-hybridized carbons (Fsp3) is 0. The summed E-state index contributed by atoms with van der Waals surface area (Å²) in [5.41, 5.74) is -1.76. The fourth-order valence-corrected chi connectivity index (χ4v) is 3.66. The Kier molecular flexibility index (Phi) is 5.19. The second-order valence-corrected chi connectivity index (χ2v) is 7.12. The number of sulfonamides is 1. The first kappa shape index (κ1) is 19.0. The van der Waals surface area contributed by atoms with Gasteiger partial charge < -0.3 is 0 Å². The first-order chi connectivity index (χ1) is 11.0. The molecule has 24 heavy (non-hydrogen) atoms. The van der Waals surface area contributed by atoms with E-state index in [2.05, 4.69) is 0 Å². The molecule has 0 unspecified atom stereocenters. The van der Waals surface area contributed by atoms with E-state index in [0.29, 0.717) is 0 Å². The third-order valence-electron chi connectivity index (χ3n) is 2.71. The van der Waals surface area contributed by atoms with Crippen LogP contribution in [0.3, 0.4) is 0 Å². The van der Waals surface area contributed by atoms with Crippen molar-refractivity contribution in [2.24, 2.45) is 0 Å². The average molecular weight is 427 g/mol. The van der Waals surface area contributed by atoms with E-state index in [1.54, 1.807) is 0 Å². The molecule has 2 aromatic rings. The van der Waals surface area contributed by atoms with E-state index in [1.165, 1.54) is 4.72 Å². The zero-order valence-electron chi connectivity index (χ0n) is 10.9. The van der Waals surface area contributed by atoms with E-state index in [-0.39, 0.29) is 10.0 Å². The summed E-state index contributed by atoms with van der Waals surface area (Å²) in [5, 5.41) is -0.864. The van der Waals surface area contributed by atoms with Crippen molar-refractivity contribution in [2.75, 3.05) is 4.72 Å². The molecule has 0 atom stereocenters. The Balaban J connectivity index is 2.62. The van der Waals surface area contributed by atoms with Crippen LogP contribution in [0.25, 0.3) is 0 Å². The van der Waals surface area contributed by atoms with Crippen LogP contribution in [-0.2, 0) is 10.0 Å². The molecule has 0 spiro atoms. The maximum Gasteiger partial charge on any atom is 0.263 e. The summed E-state index contributed by atoms with van der Waals surface area (Å²) in [5.74, 6) is -11.8. The number of hydrogen-bond acceptors (Lipinski definition) is 2. The number of nitrogens with one attached hydrogen (secondary N) is 1. The topological polar surface area (TPSA) is 46.2 Å². The van der Waals surface area contributed by atoms with Crippen LogP contribution in [0, 0.1) is 29.1 Å². The largest absolute Gasteiger partial charge is 0.274 e. The molecule has 0 saturated carbocycles. The second-order valence-electron chi connectivity index (χ2n) is 4.25. The van der Waals surface area contributed by atoms with E-state index in [4.69, 9.17) is 34.8 Å². The molecule has 0 amide bonds. The standard InChI is InChI=1S/C12H3Cl3F5NO2S/c13-3-1-5(15)6(2-4(3)14)24(22,23)21-12-10(19)8(17)7(16)9(18)11(12)20/h1-2,21H. The molecule has 0 bridgehead atoms. The minimum Gasteiger partial charge on any atom is -0.274 e. The SMILES string of the molecule is O=S(=O)(Nc1c(F)c(F)c(F)c(F)c1F)c1cc(Cl)c(Cl)cc1Cl. The third-order valence-corrected chi connectivity index (χ3v) is 5.25. The molecule has 2 rings (SSSR count).